The summed E-state index contributed by atoms with van der Waals surface area (Å²) in [5.41, 5.74) is 1.34. The molecule has 2 rings (SSSR count). The fourth-order valence-electron chi connectivity index (χ4n) is 4.07. The summed E-state index contributed by atoms with van der Waals surface area (Å²) in [6.07, 6.45) is 6.26. The zero-order valence-corrected chi connectivity index (χ0v) is 14.1. The zero-order chi connectivity index (χ0) is 14.8. The van der Waals surface area contributed by atoms with E-state index in [-0.39, 0.29) is 17.2 Å². The molecule has 0 spiro atoms. The van der Waals surface area contributed by atoms with Crippen LogP contribution in [-0.4, -0.2) is 40.7 Å². The van der Waals surface area contributed by atoms with Crippen molar-refractivity contribution in [3.05, 3.63) is 11.6 Å². The first-order chi connectivity index (χ1) is 9.52. The molecule has 1 fully saturated rings. The molecule has 3 unspecified atom stereocenters. The van der Waals surface area contributed by atoms with Gasteiger partial charge in [-0.1, -0.05) is 24.1 Å². The second kappa shape index (κ2) is 6.41. The van der Waals surface area contributed by atoms with Crippen molar-refractivity contribution in [2.24, 2.45) is 17.3 Å². The van der Waals surface area contributed by atoms with E-state index in [0.717, 1.165) is 31.7 Å². The molecule has 2 bridgehead atoms. The van der Waals surface area contributed by atoms with Crippen LogP contribution in [0.4, 0.5) is 0 Å². The Morgan fingerprint density at radius 2 is 2.25 bits per heavy atom. The first-order valence-corrected chi connectivity index (χ1v) is 9.32. The van der Waals surface area contributed by atoms with Gasteiger partial charge in [0.15, 0.2) is 0 Å². The number of carbonyl (C=O) groups is 1. The summed E-state index contributed by atoms with van der Waals surface area (Å²) >= 11 is 0. The first-order valence-electron chi connectivity index (χ1n) is 7.50. The van der Waals surface area contributed by atoms with Crippen molar-refractivity contribution in [1.82, 2.24) is 0 Å². The van der Waals surface area contributed by atoms with Crippen LogP contribution in [0.2, 0.25) is 6.04 Å². The van der Waals surface area contributed by atoms with Gasteiger partial charge in [-0.25, -0.2) is 0 Å². The van der Waals surface area contributed by atoms with Crippen LogP contribution in [0.15, 0.2) is 11.6 Å². The zero-order valence-electron chi connectivity index (χ0n) is 12.7. The van der Waals surface area contributed by atoms with Crippen molar-refractivity contribution in [3.8, 4) is 0 Å². The standard InChI is InChI=1S/C15H26O4Si/c1-10-8-15(5-4-6-20-14(18-2)19-3)9-11(10)7-12(15)13(16)17/h8,11-12,14H,4-7,9,20H2,1-3H3,(H,16,17). The van der Waals surface area contributed by atoms with Gasteiger partial charge in [0.1, 0.15) is 5.91 Å². The second-order valence-corrected chi connectivity index (χ2v) is 8.25. The number of aliphatic carboxylic acids is 1. The molecule has 20 heavy (non-hydrogen) atoms. The van der Waals surface area contributed by atoms with Gasteiger partial charge in [0.2, 0.25) is 0 Å². The number of ether oxygens (including phenoxy) is 2. The Kier molecular flexibility index (Phi) is 5.04. The maximum atomic E-state index is 11.5. The number of carboxylic acids is 1. The normalized spacial score (nSPS) is 32.5. The smallest absolute Gasteiger partial charge is 0.307 e. The van der Waals surface area contributed by atoms with E-state index < -0.39 is 15.5 Å². The predicted octanol–water partition coefficient (Wildman–Crippen LogP) is 1.99. The molecular formula is C15H26O4Si. The van der Waals surface area contributed by atoms with Gasteiger partial charge in [-0.05, 0) is 32.1 Å². The number of hydrogen-bond acceptors (Lipinski definition) is 3. The van der Waals surface area contributed by atoms with Gasteiger partial charge in [0.05, 0.1) is 15.4 Å². The van der Waals surface area contributed by atoms with E-state index in [1.54, 1.807) is 14.2 Å². The average Bonchev–Trinajstić information content (AvgIpc) is 2.93. The maximum absolute atomic E-state index is 11.5. The quantitative estimate of drug-likeness (QED) is 0.322. The van der Waals surface area contributed by atoms with Gasteiger partial charge in [-0.2, -0.15) is 0 Å². The Balaban J connectivity index is 1.88. The molecule has 2 aliphatic rings. The Hall–Kier alpha value is -0.653. The fourth-order valence-corrected chi connectivity index (χ4v) is 5.42. The molecular weight excluding hydrogens is 272 g/mol. The lowest BCUT2D eigenvalue weighted by atomic mass is 9.74. The van der Waals surface area contributed by atoms with E-state index in [1.165, 1.54) is 5.57 Å². The van der Waals surface area contributed by atoms with Gasteiger partial charge in [0, 0.05) is 19.6 Å². The molecule has 1 saturated carbocycles. The van der Waals surface area contributed by atoms with Gasteiger partial charge >= 0.3 is 5.97 Å². The Bertz CT molecular complexity index is 391. The van der Waals surface area contributed by atoms with Crippen LogP contribution in [-0.2, 0) is 14.3 Å². The largest absolute Gasteiger partial charge is 0.481 e. The highest BCUT2D eigenvalue weighted by Gasteiger charge is 2.53. The minimum absolute atomic E-state index is 0.0000431. The number of rotatable bonds is 8. The highest BCUT2D eigenvalue weighted by atomic mass is 28.2. The molecule has 5 heteroatoms. The lowest BCUT2D eigenvalue weighted by molar-refractivity contribution is -0.144. The molecule has 2 aliphatic carbocycles. The maximum Gasteiger partial charge on any atom is 0.307 e. The summed E-state index contributed by atoms with van der Waals surface area (Å²) < 4.78 is 10.5. The fraction of sp³-hybridized carbons (Fsp3) is 0.800. The molecule has 0 amide bonds. The molecule has 1 N–H and O–H groups in total. The number of allylic oxidation sites excluding steroid dienone is 2. The van der Waals surface area contributed by atoms with Crippen LogP contribution in [0.25, 0.3) is 0 Å². The van der Waals surface area contributed by atoms with Crippen molar-refractivity contribution in [2.75, 3.05) is 14.2 Å². The SMILES string of the molecule is COC(OC)[SiH2]CCCC12C=C(C)C(CC1C(=O)O)C2. The minimum Gasteiger partial charge on any atom is -0.481 e. The number of carboxylic acid groups (broad SMARTS) is 1. The highest BCUT2D eigenvalue weighted by Crippen LogP contribution is 2.58. The molecule has 0 heterocycles. The molecule has 0 aromatic rings. The Labute approximate surface area is 123 Å². The number of methoxy groups -OCH3 is 2. The third-order valence-corrected chi connectivity index (χ3v) is 7.20. The summed E-state index contributed by atoms with van der Waals surface area (Å²) in [7, 11) is 2.98. The van der Waals surface area contributed by atoms with Crippen molar-refractivity contribution < 1.29 is 19.4 Å². The summed E-state index contributed by atoms with van der Waals surface area (Å²) in [5.74, 6) is -0.266. The van der Waals surface area contributed by atoms with E-state index >= 15 is 0 Å². The van der Waals surface area contributed by atoms with E-state index in [4.69, 9.17) is 9.47 Å². The minimum atomic E-state index is -0.611. The van der Waals surface area contributed by atoms with Crippen LogP contribution >= 0.6 is 0 Å². The van der Waals surface area contributed by atoms with E-state index in [1.807, 2.05) is 0 Å². The van der Waals surface area contributed by atoms with E-state index in [0.29, 0.717) is 5.92 Å². The Morgan fingerprint density at radius 1 is 1.55 bits per heavy atom. The van der Waals surface area contributed by atoms with Gasteiger partial charge in [0.25, 0.3) is 0 Å². The molecule has 0 saturated heterocycles. The predicted molar refractivity (Wildman–Crippen MR) is 80.4 cm³/mol. The summed E-state index contributed by atoms with van der Waals surface area (Å²) in [5, 5.41) is 9.45. The third kappa shape index (κ3) is 2.99. The molecule has 0 aliphatic heterocycles. The van der Waals surface area contributed by atoms with Gasteiger partial charge in [-0.15, -0.1) is 0 Å². The van der Waals surface area contributed by atoms with Gasteiger partial charge in [-0.3, -0.25) is 4.79 Å². The molecule has 114 valence electrons. The third-order valence-electron chi connectivity index (χ3n) is 5.16. The van der Waals surface area contributed by atoms with Crippen molar-refractivity contribution in [2.45, 2.75) is 44.6 Å². The van der Waals surface area contributed by atoms with Crippen LogP contribution in [0.5, 0.6) is 0 Å². The molecule has 0 aromatic carbocycles. The van der Waals surface area contributed by atoms with E-state index in [2.05, 4.69) is 13.0 Å². The lowest BCUT2D eigenvalue weighted by Gasteiger charge is -2.30. The van der Waals surface area contributed by atoms with Crippen molar-refractivity contribution >= 4 is 15.5 Å². The van der Waals surface area contributed by atoms with Gasteiger partial charge < -0.3 is 14.6 Å². The highest BCUT2D eigenvalue weighted by molar-refractivity contribution is 6.36. The van der Waals surface area contributed by atoms with Crippen LogP contribution in [0.3, 0.4) is 0 Å². The molecule has 0 radical (unpaired) electrons. The van der Waals surface area contributed by atoms with Crippen LogP contribution < -0.4 is 0 Å². The monoisotopic (exact) mass is 298 g/mol. The van der Waals surface area contributed by atoms with Crippen molar-refractivity contribution in [1.29, 1.82) is 0 Å². The molecule has 4 nitrogen and oxygen atoms in total. The average molecular weight is 298 g/mol. The summed E-state index contributed by atoms with van der Waals surface area (Å²) in [6.45, 7) is 2.16. The second-order valence-electron chi connectivity index (χ2n) is 6.30. The summed E-state index contributed by atoms with van der Waals surface area (Å²) in [6, 6.07) is 1.15. The molecule has 0 aromatic heterocycles. The topological polar surface area (TPSA) is 55.8 Å². The molecule has 3 atom stereocenters. The lowest BCUT2D eigenvalue weighted by Crippen LogP contribution is -2.30. The van der Waals surface area contributed by atoms with E-state index in [9.17, 15) is 9.90 Å². The van der Waals surface area contributed by atoms with Crippen LogP contribution in [0, 0.1) is 17.3 Å². The number of fused-ring (bicyclic) bond motifs is 2. The summed E-state index contributed by atoms with van der Waals surface area (Å²) in [4.78, 5) is 11.5. The first kappa shape index (κ1) is 15.7. The van der Waals surface area contributed by atoms with Crippen molar-refractivity contribution in [3.63, 3.8) is 0 Å². The van der Waals surface area contributed by atoms with Crippen LogP contribution in [0.1, 0.15) is 32.6 Å². The number of hydrogen-bond donors (Lipinski definition) is 1. The Morgan fingerprint density at radius 3 is 2.80 bits per heavy atom.